The van der Waals surface area contributed by atoms with Gasteiger partial charge in [-0.15, -0.1) is 0 Å². The molecule has 2 aromatic rings. The number of pyridine rings is 2. The first kappa shape index (κ1) is 19.4. The smallest absolute Gasteiger partial charge is 0.417 e. The number of amides is 1. The largest absolute Gasteiger partial charge is 0.475 e. The Morgan fingerprint density at radius 3 is 2.62 bits per heavy atom. The van der Waals surface area contributed by atoms with Crippen LogP contribution in [0.5, 0.6) is 5.88 Å². The van der Waals surface area contributed by atoms with E-state index in [1.54, 1.807) is 0 Å². The Morgan fingerprint density at radius 1 is 1.23 bits per heavy atom. The highest BCUT2D eigenvalue weighted by Crippen LogP contribution is 2.28. The van der Waals surface area contributed by atoms with Crippen molar-refractivity contribution >= 4 is 11.6 Å². The van der Waals surface area contributed by atoms with Crippen LogP contribution in [0.15, 0.2) is 41.5 Å². The van der Waals surface area contributed by atoms with Gasteiger partial charge in [0.05, 0.1) is 24.1 Å². The molecule has 0 aliphatic rings. The Hall–Kier alpha value is -2.88. The second kappa shape index (κ2) is 8.48. The molecule has 0 saturated heterocycles. The summed E-state index contributed by atoms with van der Waals surface area (Å²) >= 11 is 0. The number of halogens is 3. The van der Waals surface area contributed by atoms with Crippen LogP contribution in [-0.4, -0.2) is 35.8 Å². The fourth-order valence-electron chi connectivity index (χ4n) is 1.95. The molecule has 10 heteroatoms. The molecule has 2 rings (SSSR count). The van der Waals surface area contributed by atoms with Crippen molar-refractivity contribution in [1.82, 2.24) is 9.55 Å². The van der Waals surface area contributed by atoms with Gasteiger partial charge in [0.1, 0.15) is 13.2 Å². The average Bonchev–Trinajstić information content (AvgIpc) is 2.57. The van der Waals surface area contributed by atoms with E-state index in [2.05, 4.69) is 10.3 Å². The maximum Gasteiger partial charge on any atom is 0.417 e. The van der Waals surface area contributed by atoms with Crippen molar-refractivity contribution < 1.29 is 27.4 Å². The van der Waals surface area contributed by atoms with E-state index in [0.717, 1.165) is 6.07 Å². The van der Waals surface area contributed by atoms with Gasteiger partial charge in [-0.1, -0.05) is 0 Å². The number of nitrogens with zero attached hydrogens (tertiary/aromatic N) is 2. The first-order valence-electron chi connectivity index (χ1n) is 7.45. The van der Waals surface area contributed by atoms with Crippen LogP contribution in [0.25, 0.3) is 0 Å². The van der Waals surface area contributed by atoms with Gasteiger partial charge in [-0.2, -0.15) is 13.2 Å². The summed E-state index contributed by atoms with van der Waals surface area (Å²) in [6.45, 7) is 0.147. The molecule has 0 aliphatic heterocycles. The lowest BCUT2D eigenvalue weighted by Gasteiger charge is -2.11. The molecule has 2 heterocycles. The number of methoxy groups -OCH3 is 1. The Kier molecular flexibility index (Phi) is 6.34. The fourth-order valence-corrected chi connectivity index (χ4v) is 1.95. The monoisotopic (exact) mass is 371 g/mol. The number of rotatable bonds is 7. The van der Waals surface area contributed by atoms with Crippen LogP contribution in [-0.2, 0) is 22.3 Å². The SMILES string of the molecule is COCCOc1ccc(NC(=O)Cn2cc(C(F)(F)F)ccc2=O)cn1. The Labute approximate surface area is 146 Å². The predicted molar refractivity (Wildman–Crippen MR) is 85.9 cm³/mol. The van der Waals surface area contributed by atoms with Crippen molar-refractivity contribution in [2.24, 2.45) is 0 Å². The van der Waals surface area contributed by atoms with Crippen molar-refractivity contribution in [3.8, 4) is 5.88 Å². The van der Waals surface area contributed by atoms with Gasteiger partial charge in [0, 0.05) is 25.4 Å². The molecule has 1 amide bonds. The fraction of sp³-hybridized carbons (Fsp3) is 0.312. The van der Waals surface area contributed by atoms with Gasteiger partial charge in [-0.25, -0.2) is 4.98 Å². The molecule has 0 aromatic carbocycles. The molecule has 140 valence electrons. The van der Waals surface area contributed by atoms with Crippen LogP contribution in [0.4, 0.5) is 18.9 Å². The summed E-state index contributed by atoms with van der Waals surface area (Å²) in [7, 11) is 1.53. The lowest BCUT2D eigenvalue weighted by molar-refractivity contribution is -0.138. The molecule has 7 nitrogen and oxygen atoms in total. The van der Waals surface area contributed by atoms with Gasteiger partial charge < -0.3 is 19.4 Å². The number of anilines is 1. The summed E-state index contributed by atoms with van der Waals surface area (Å²) < 4.78 is 48.8. The van der Waals surface area contributed by atoms with Gasteiger partial charge >= 0.3 is 6.18 Å². The average molecular weight is 371 g/mol. The van der Waals surface area contributed by atoms with E-state index >= 15 is 0 Å². The standard InChI is InChI=1S/C16H16F3N3O4/c1-25-6-7-26-14-4-3-12(8-20-14)21-13(23)10-22-9-11(16(17,18)19)2-5-15(22)24/h2-5,8-9H,6-7,10H2,1H3,(H,21,23). The molecule has 0 aliphatic carbocycles. The minimum atomic E-state index is -4.60. The maximum atomic E-state index is 12.7. The number of hydrogen-bond acceptors (Lipinski definition) is 5. The minimum absolute atomic E-state index is 0.313. The quantitative estimate of drug-likeness (QED) is 0.752. The van der Waals surface area contributed by atoms with Gasteiger partial charge in [0.15, 0.2) is 0 Å². The molecule has 0 unspecified atom stereocenters. The normalized spacial score (nSPS) is 11.2. The third-order valence-electron chi connectivity index (χ3n) is 3.18. The molecular weight excluding hydrogens is 355 g/mol. The zero-order valence-electron chi connectivity index (χ0n) is 13.7. The molecule has 1 N–H and O–H groups in total. The van der Waals surface area contributed by atoms with Crippen LogP contribution >= 0.6 is 0 Å². The summed E-state index contributed by atoms with van der Waals surface area (Å²) in [5, 5.41) is 2.45. The van der Waals surface area contributed by atoms with Crippen molar-refractivity contribution in [2.75, 3.05) is 25.6 Å². The molecule has 0 spiro atoms. The van der Waals surface area contributed by atoms with E-state index in [1.807, 2.05) is 0 Å². The van der Waals surface area contributed by atoms with Crippen molar-refractivity contribution in [3.63, 3.8) is 0 Å². The molecule has 0 atom stereocenters. The zero-order chi connectivity index (χ0) is 19.2. The number of aromatic nitrogens is 2. The number of alkyl halides is 3. The van der Waals surface area contributed by atoms with E-state index < -0.39 is 29.8 Å². The van der Waals surface area contributed by atoms with Crippen LogP contribution in [0.1, 0.15) is 5.56 Å². The van der Waals surface area contributed by atoms with Crippen molar-refractivity contribution in [3.05, 3.63) is 52.6 Å². The number of ether oxygens (including phenoxy) is 2. The van der Waals surface area contributed by atoms with E-state index in [0.29, 0.717) is 41.6 Å². The highest BCUT2D eigenvalue weighted by Gasteiger charge is 2.31. The summed E-state index contributed by atoms with van der Waals surface area (Å²) in [6.07, 6.45) is -2.67. The van der Waals surface area contributed by atoms with Crippen LogP contribution < -0.4 is 15.6 Å². The van der Waals surface area contributed by atoms with Gasteiger partial charge in [-0.05, 0) is 12.1 Å². The topological polar surface area (TPSA) is 82.5 Å². The van der Waals surface area contributed by atoms with E-state index in [-0.39, 0.29) is 0 Å². The first-order chi connectivity index (χ1) is 12.3. The minimum Gasteiger partial charge on any atom is -0.475 e. The summed E-state index contributed by atoms with van der Waals surface area (Å²) in [6, 6.07) is 4.47. The van der Waals surface area contributed by atoms with Crippen LogP contribution in [0.3, 0.4) is 0 Å². The second-order valence-electron chi connectivity index (χ2n) is 5.16. The Balaban J connectivity index is 1.99. The summed E-state index contributed by atoms with van der Waals surface area (Å²) in [5.74, 6) is -0.338. The third kappa shape index (κ3) is 5.59. The third-order valence-corrected chi connectivity index (χ3v) is 3.18. The molecule has 0 fully saturated rings. The predicted octanol–water partition coefficient (Wildman–Crippen LogP) is 1.93. The lowest BCUT2D eigenvalue weighted by Crippen LogP contribution is -2.28. The van der Waals surface area contributed by atoms with Crippen molar-refractivity contribution in [1.29, 1.82) is 0 Å². The summed E-state index contributed by atoms with van der Waals surface area (Å²) in [4.78, 5) is 27.6. The molecule has 26 heavy (non-hydrogen) atoms. The molecule has 0 radical (unpaired) electrons. The lowest BCUT2D eigenvalue weighted by atomic mass is 10.2. The number of hydrogen-bond donors (Lipinski definition) is 1. The van der Waals surface area contributed by atoms with Crippen molar-refractivity contribution in [2.45, 2.75) is 12.7 Å². The Bertz CT molecular complexity index is 804. The van der Waals surface area contributed by atoms with Gasteiger partial charge in [-0.3, -0.25) is 9.59 Å². The van der Waals surface area contributed by atoms with Gasteiger partial charge in [0.25, 0.3) is 5.56 Å². The van der Waals surface area contributed by atoms with Crippen LogP contribution in [0, 0.1) is 0 Å². The number of carbonyl (C=O) groups is 1. The molecule has 2 aromatic heterocycles. The highest BCUT2D eigenvalue weighted by molar-refractivity contribution is 5.90. The maximum absolute atomic E-state index is 12.7. The first-order valence-corrected chi connectivity index (χ1v) is 7.45. The number of carbonyl (C=O) groups excluding carboxylic acids is 1. The van der Waals surface area contributed by atoms with E-state index in [1.165, 1.54) is 25.4 Å². The molecule has 0 saturated carbocycles. The molecule has 0 bridgehead atoms. The van der Waals surface area contributed by atoms with E-state index in [9.17, 15) is 22.8 Å². The highest BCUT2D eigenvalue weighted by atomic mass is 19.4. The van der Waals surface area contributed by atoms with Crippen LogP contribution in [0.2, 0.25) is 0 Å². The Morgan fingerprint density at radius 2 is 2.00 bits per heavy atom. The summed E-state index contributed by atoms with van der Waals surface area (Å²) in [5.41, 5.74) is -1.41. The zero-order valence-corrected chi connectivity index (χ0v) is 13.7. The second-order valence-corrected chi connectivity index (χ2v) is 5.16. The van der Waals surface area contributed by atoms with Gasteiger partial charge in [0.2, 0.25) is 11.8 Å². The molecular formula is C16H16F3N3O4. The number of nitrogens with one attached hydrogen (secondary N) is 1. The van der Waals surface area contributed by atoms with E-state index in [4.69, 9.17) is 9.47 Å².